The normalized spacial score (nSPS) is 21.2. The average molecular weight is 753 g/mol. The van der Waals surface area contributed by atoms with Crippen molar-refractivity contribution in [3.05, 3.63) is 36.5 Å². The first-order valence-electron chi connectivity index (χ1n) is 21.1. The maximum Gasteiger partial charge on any atom is 0.306 e. The smallest absolute Gasteiger partial charge is 0.306 e. The molecule has 1 aliphatic rings. The summed E-state index contributed by atoms with van der Waals surface area (Å²) in [5.74, 6) is -0.844. The first-order chi connectivity index (χ1) is 25.8. The van der Waals surface area contributed by atoms with Gasteiger partial charge in [0.1, 0.15) is 31.0 Å². The van der Waals surface area contributed by atoms with Crippen molar-refractivity contribution < 1.29 is 49.0 Å². The van der Waals surface area contributed by atoms with Crippen LogP contribution in [0.2, 0.25) is 0 Å². The Morgan fingerprint density at radius 2 is 1.06 bits per heavy atom. The van der Waals surface area contributed by atoms with Gasteiger partial charge in [-0.3, -0.25) is 9.59 Å². The molecule has 1 rings (SSSR count). The molecule has 6 atom stereocenters. The average Bonchev–Trinajstić information content (AvgIpc) is 3.15. The fraction of sp³-hybridized carbons (Fsp3) is 0.814. The van der Waals surface area contributed by atoms with E-state index in [0.29, 0.717) is 12.8 Å². The van der Waals surface area contributed by atoms with E-state index in [1.807, 2.05) is 0 Å². The summed E-state index contributed by atoms with van der Waals surface area (Å²) in [7, 11) is 0. The van der Waals surface area contributed by atoms with Crippen molar-refractivity contribution in [2.45, 2.75) is 205 Å². The molecule has 1 fully saturated rings. The number of hydrogen-bond donors (Lipinski definition) is 4. The number of unbranched alkanes of at least 4 members (excludes halogenated alkanes) is 18. The van der Waals surface area contributed by atoms with Gasteiger partial charge in [-0.1, -0.05) is 127 Å². The van der Waals surface area contributed by atoms with Gasteiger partial charge in [0.15, 0.2) is 12.4 Å². The van der Waals surface area contributed by atoms with Gasteiger partial charge in [0.25, 0.3) is 0 Å². The van der Waals surface area contributed by atoms with E-state index in [1.165, 1.54) is 64.2 Å². The van der Waals surface area contributed by atoms with Crippen LogP contribution in [0.3, 0.4) is 0 Å². The Balaban J connectivity index is 2.39. The summed E-state index contributed by atoms with van der Waals surface area (Å²) in [6, 6.07) is 0. The lowest BCUT2D eigenvalue weighted by molar-refractivity contribution is -0.305. The molecule has 0 aromatic rings. The zero-order valence-corrected chi connectivity index (χ0v) is 33.3. The number of carbonyl (C=O) groups excluding carboxylic acids is 2. The second-order valence-electron chi connectivity index (χ2n) is 14.5. The molecule has 0 aromatic heterocycles. The van der Waals surface area contributed by atoms with Gasteiger partial charge < -0.3 is 39.4 Å². The SMILES string of the molecule is CCCCCC/C=C/C=C/CCCCCCCC(=O)OC[C@@H](CO[C@H]1O[C@@H](CO)[C@@H](O)C(O)C1O)OC(=O)CCCCC/C=C/CCCCCCCC. The number of rotatable bonds is 34. The number of allylic oxidation sites excluding steroid dienone is 6. The van der Waals surface area contributed by atoms with Crippen LogP contribution in [-0.4, -0.2) is 89.0 Å². The Labute approximate surface area is 321 Å². The molecule has 10 heteroatoms. The molecule has 0 bridgehead atoms. The van der Waals surface area contributed by atoms with Crippen molar-refractivity contribution in [3.63, 3.8) is 0 Å². The Bertz CT molecular complexity index is 965. The van der Waals surface area contributed by atoms with Crippen molar-refractivity contribution >= 4 is 11.9 Å². The number of carbonyl (C=O) groups is 2. The molecular weight excluding hydrogens is 676 g/mol. The molecule has 1 heterocycles. The van der Waals surface area contributed by atoms with Crippen LogP contribution in [0.25, 0.3) is 0 Å². The summed E-state index contributed by atoms with van der Waals surface area (Å²) in [4.78, 5) is 25.2. The van der Waals surface area contributed by atoms with Gasteiger partial charge in [-0.05, 0) is 64.2 Å². The minimum Gasteiger partial charge on any atom is -0.462 e. The Kier molecular flexibility index (Phi) is 31.8. The second kappa shape index (κ2) is 34.4. The second-order valence-corrected chi connectivity index (χ2v) is 14.5. The van der Waals surface area contributed by atoms with Crippen LogP contribution in [0.1, 0.15) is 168 Å². The van der Waals surface area contributed by atoms with Crippen molar-refractivity contribution in [1.82, 2.24) is 0 Å². The molecule has 53 heavy (non-hydrogen) atoms. The van der Waals surface area contributed by atoms with Crippen LogP contribution >= 0.6 is 0 Å². The lowest BCUT2D eigenvalue weighted by Gasteiger charge is -2.39. The molecule has 1 saturated heterocycles. The van der Waals surface area contributed by atoms with E-state index in [0.717, 1.165) is 64.2 Å². The van der Waals surface area contributed by atoms with Crippen LogP contribution in [-0.2, 0) is 28.5 Å². The molecule has 308 valence electrons. The molecule has 1 aliphatic heterocycles. The molecule has 0 aromatic carbocycles. The lowest BCUT2D eigenvalue weighted by Crippen LogP contribution is -2.59. The summed E-state index contributed by atoms with van der Waals surface area (Å²) in [6.07, 6.45) is 30.1. The first-order valence-corrected chi connectivity index (χ1v) is 21.1. The van der Waals surface area contributed by atoms with Gasteiger partial charge in [0.05, 0.1) is 13.2 Å². The molecule has 2 unspecified atom stereocenters. The minimum atomic E-state index is -1.60. The van der Waals surface area contributed by atoms with Crippen molar-refractivity contribution in [1.29, 1.82) is 0 Å². The summed E-state index contributed by atoms with van der Waals surface area (Å²) >= 11 is 0. The van der Waals surface area contributed by atoms with E-state index in [9.17, 15) is 30.0 Å². The summed E-state index contributed by atoms with van der Waals surface area (Å²) in [5.41, 5.74) is 0. The number of esters is 2. The molecule has 0 amide bonds. The van der Waals surface area contributed by atoms with Gasteiger partial charge in [-0.25, -0.2) is 0 Å². The van der Waals surface area contributed by atoms with Gasteiger partial charge in [0.2, 0.25) is 0 Å². The molecule has 0 radical (unpaired) electrons. The maximum absolute atomic E-state index is 12.7. The Morgan fingerprint density at radius 3 is 1.62 bits per heavy atom. The van der Waals surface area contributed by atoms with Gasteiger partial charge in [-0.2, -0.15) is 0 Å². The highest BCUT2D eigenvalue weighted by Crippen LogP contribution is 2.22. The third kappa shape index (κ3) is 26.4. The largest absolute Gasteiger partial charge is 0.462 e. The highest BCUT2D eigenvalue weighted by Gasteiger charge is 2.44. The number of hydrogen-bond acceptors (Lipinski definition) is 10. The maximum atomic E-state index is 12.7. The topological polar surface area (TPSA) is 152 Å². The van der Waals surface area contributed by atoms with Gasteiger partial charge in [0, 0.05) is 12.8 Å². The van der Waals surface area contributed by atoms with E-state index in [1.54, 1.807) is 0 Å². The highest BCUT2D eigenvalue weighted by atomic mass is 16.7. The lowest BCUT2D eigenvalue weighted by atomic mass is 9.99. The van der Waals surface area contributed by atoms with Crippen LogP contribution in [0, 0.1) is 0 Å². The Morgan fingerprint density at radius 1 is 0.585 bits per heavy atom. The predicted octanol–water partition coefficient (Wildman–Crippen LogP) is 8.33. The predicted molar refractivity (Wildman–Crippen MR) is 210 cm³/mol. The van der Waals surface area contributed by atoms with E-state index in [4.69, 9.17) is 18.9 Å². The standard InChI is InChI=1S/C43H76O10/c1-3-5-7-9-11-13-15-17-18-20-21-23-25-27-29-31-38(45)50-34-36(35-51-43-42(49)41(48)40(47)37(33-44)53-43)52-39(46)32-30-28-26-24-22-19-16-14-12-10-8-6-4-2/h13,15,17-19,22,36-37,40-44,47-49H,3-12,14,16,20-21,23-35H2,1-2H3/b15-13+,18-17+,22-19+/t36-,37-,40+,41?,42?,43-/m0/s1. The van der Waals surface area contributed by atoms with E-state index in [2.05, 4.69) is 50.3 Å². The number of ether oxygens (including phenoxy) is 4. The summed E-state index contributed by atoms with van der Waals surface area (Å²) in [6.45, 7) is 3.35. The number of aliphatic hydroxyl groups is 4. The Hall–Kier alpha value is -2.08. The van der Waals surface area contributed by atoms with E-state index in [-0.39, 0.29) is 26.1 Å². The van der Waals surface area contributed by atoms with E-state index < -0.39 is 55.4 Å². The van der Waals surface area contributed by atoms with Crippen molar-refractivity contribution in [2.24, 2.45) is 0 Å². The zero-order valence-electron chi connectivity index (χ0n) is 33.3. The molecule has 10 nitrogen and oxygen atoms in total. The van der Waals surface area contributed by atoms with Crippen molar-refractivity contribution in [3.8, 4) is 0 Å². The first kappa shape index (κ1) is 48.9. The quantitative estimate of drug-likeness (QED) is 0.0219. The summed E-state index contributed by atoms with van der Waals surface area (Å²) < 4.78 is 22.1. The van der Waals surface area contributed by atoms with Crippen LogP contribution in [0.5, 0.6) is 0 Å². The van der Waals surface area contributed by atoms with Crippen molar-refractivity contribution in [2.75, 3.05) is 19.8 Å². The van der Waals surface area contributed by atoms with Gasteiger partial charge in [-0.15, -0.1) is 0 Å². The van der Waals surface area contributed by atoms with Crippen LogP contribution < -0.4 is 0 Å². The fourth-order valence-electron chi connectivity index (χ4n) is 6.11. The zero-order chi connectivity index (χ0) is 38.8. The minimum absolute atomic E-state index is 0.206. The van der Waals surface area contributed by atoms with Crippen LogP contribution in [0.4, 0.5) is 0 Å². The fourth-order valence-corrected chi connectivity index (χ4v) is 6.11. The monoisotopic (exact) mass is 753 g/mol. The molecule has 0 aliphatic carbocycles. The van der Waals surface area contributed by atoms with Crippen LogP contribution in [0.15, 0.2) is 36.5 Å². The van der Waals surface area contributed by atoms with Gasteiger partial charge >= 0.3 is 11.9 Å². The third-order valence-corrected chi connectivity index (χ3v) is 9.53. The molecule has 0 saturated carbocycles. The molecular formula is C43H76O10. The molecule has 0 spiro atoms. The number of aliphatic hydroxyl groups excluding tert-OH is 4. The third-order valence-electron chi connectivity index (χ3n) is 9.53. The molecule has 4 N–H and O–H groups in total. The summed E-state index contributed by atoms with van der Waals surface area (Å²) in [5, 5.41) is 40.0. The highest BCUT2D eigenvalue weighted by molar-refractivity contribution is 5.70. The van der Waals surface area contributed by atoms with E-state index >= 15 is 0 Å².